The van der Waals surface area contributed by atoms with Crippen LogP contribution in [0.4, 0.5) is 0 Å². The van der Waals surface area contributed by atoms with Crippen molar-refractivity contribution in [3.63, 3.8) is 0 Å². The molecule has 3 aromatic rings. The highest BCUT2D eigenvalue weighted by atomic mass is 32.2. The highest BCUT2D eigenvalue weighted by Crippen LogP contribution is 2.41. The Hall–Kier alpha value is -3.58. The molecular formula is C22H18O6S. The number of benzene rings is 3. The molecule has 0 aliphatic heterocycles. The Kier molecular flexibility index (Phi) is 5.99. The molecule has 0 heterocycles. The summed E-state index contributed by atoms with van der Waals surface area (Å²) in [5.41, 5.74) is 0.924. The number of hydrogen-bond donors (Lipinski definition) is 4. The summed E-state index contributed by atoms with van der Waals surface area (Å²) in [5.74, 6) is -0.812. The quantitative estimate of drug-likeness (QED) is 0.348. The molecule has 0 amide bonds. The third-order valence-corrected chi connectivity index (χ3v) is 5.21. The fourth-order valence-electron chi connectivity index (χ4n) is 2.65. The molecule has 148 valence electrons. The minimum Gasteiger partial charge on any atom is -0.508 e. The highest BCUT2D eigenvalue weighted by Gasteiger charge is 2.18. The lowest BCUT2D eigenvalue weighted by Crippen LogP contribution is -2.01. The van der Waals surface area contributed by atoms with Crippen LogP contribution in [0.15, 0.2) is 70.5 Å². The molecule has 29 heavy (non-hydrogen) atoms. The Bertz CT molecular complexity index is 1070. The molecule has 0 saturated carbocycles. The minimum absolute atomic E-state index is 0.0214. The number of phenols is 3. The Morgan fingerprint density at radius 2 is 1.52 bits per heavy atom. The first-order valence-electron chi connectivity index (χ1n) is 8.49. The molecule has 0 atom stereocenters. The van der Waals surface area contributed by atoms with Crippen molar-refractivity contribution in [2.75, 3.05) is 7.11 Å². The van der Waals surface area contributed by atoms with Crippen LogP contribution >= 0.6 is 11.8 Å². The van der Waals surface area contributed by atoms with Crippen molar-refractivity contribution in [3.05, 3.63) is 71.8 Å². The zero-order valence-corrected chi connectivity index (χ0v) is 16.2. The van der Waals surface area contributed by atoms with E-state index in [4.69, 9.17) is 4.74 Å². The van der Waals surface area contributed by atoms with Crippen LogP contribution in [0, 0.1) is 0 Å². The predicted molar refractivity (Wildman–Crippen MR) is 111 cm³/mol. The van der Waals surface area contributed by atoms with Crippen molar-refractivity contribution < 1.29 is 30.0 Å². The van der Waals surface area contributed by atoms with Gasteiger partial charge < -0.3 is 25.2 Å². The average molecular weight is 410 g/mol. The maximum absolute atomic E-state index is 12.0. The van der Waals surface area contributed by atoms with Crippen LogP contribution in [0.5, 0.6) is 23.0 Å². The van der Waals surface area contributed by atoms with Gasteiger partial charge in [0.15, 0.2) is 0 Å². The lowest BCUT2D eigenvalue weighted by Gasteiger charge is -2.12. The number of phenolic OH excluding ortho intramolecular Hbond substituents is 3. The van der Waals surface area contributed by atoms with E-state index in [0.29, 0.717) is 26.7 Å². The van der Waals surface area contributed by atoms with E-state index in [0.717, 1.165) is 11.8 Å². The van der Waals surface area contributed by atoms with Crippen molar-refractivity contribution in [2.24, 2.45) is 0 Å². The van der Waals surface area contributed by atoms with Crippen LogP contribution in [-0.2, 0) is 4.79 Å². The fraction of sp³-hybridized carbons (Fsp3) is 0.0455. The third kappa shape index (κ3) is 4.83. The van der Waals surface area contributed by atoms with Gasteiger partial charge in [0.05, 0.1) is 17.6 Å². The van der Waals surface area contributed by atoms with Gasteiger partial charge in [0.1, 0.15) is 23.0 Å². The number of carboxylic acid groups (broad SMARTS) is 1. The lowest BCUT2D eigenvalue weighted by atomic mass is 10.0. The molecule has 0 unspecified atom stereocenters. The van der Waals surface area contributed by atoms with Crippen LogP contribution in [0.25, 0.3) is 11.6 Å². The Labute approximate surface area is 171 Å². The molecule has 6 nitrogen and oxygen atoms in total. The maximum atomic E-state index is 12.0. The molecule has 0 radical (unpaired) electrons. The van der Waals surface area contributed by atoms with Crippen molar-refractivity contribution in [1.29, 1.82) is 0 Å². The number of methoxy groups -OCH3 is 1. The number of ether oxygens (including phenoxy) is 1. The number of hydrogen-bond acceptors (Lipinski definition) is 6. The van der Waals surface area contributed by atoms with Gasteiger partial charge >= 0.3 is 5.97 Å². The second-order valence-electron chi connectivity index (χ2n) is 6.07. The van der Waals surface area contributed by atoms with Crippen LogP contribution in [0.3, 0.4) is 0 Å². The molecule has 0 bridgehead atoms. The SMILES string of the molecule is COc1ccc(/C=C(/C(=O)O)c2cc(O)ccc2Sc2ccc(O)cc2O)cc1. The number of aliphatic carboxylic acids is 1. The van der Waals surface area contributed by atoms with E-state index in [9.17, 15) is 25.2 Å². The van der Waals surface area contributed by atoms with E-state index in [-0.39, 0.29) is 22.8 Å². The number of aromatic hydroxyl groups is 3. The molecule has 0 aromatic heterocycles. The molecule has 3 rings (SSSR count). The zero-order valence-electron chi connectivity index (χ0n) is 15.4. The summed E-state index contributed by atoms with van der Waals surface area (Å²) < 4.78 is 5.11. The third-order valence-electron chi connectivity index (χ3n) is 4.07. The van der Waals surface area contributed by atoms with E-state index < -0.39 is 5.97 Å². The predicted octanol–water partition coefficient (Wildman–Crippen LogP) is 4.59. The Morgan fingerprint density at radius 3 is 2.10 bits per heavy atom. The highest BCUT2D eigenvalue weighted by molar-refractivity contribution is 7.99. The smallest absolute Gasteiger partial charge is 0.336 e. The molecule has 0 spiro atoms. The molecule has 0 aliphatic carbocycles. The number of carbonyl (C=O) groups is 1. The van der Waals surface area contributed by atoms with Gasteiger partial charge in [-0.3, -0.25) is 0 Å². The van der Waals surface area contributed by atoms with Crippen LogP contribution in [0.1, 0.15) is 11.1 Å². The zero-order chi connectivity index (χ0) is 21.0. The van der Waals surface area contributed by atoms with Gasteiger partial charge in [-0.2, -0.15) is 0 Å². The molecule has 3 aromatic carbocycles. The first-order valence-corrected chi connectivity index (χ1v) is 9.31. The Morgan fingerprint density at radius 1 is 0.897 bits per heavy atom. The molecule has 0 saturated heterocycles. The molecule has 0 fully saturated rings. The summed E-state index contributed by atoms with van der Waals surface area (Å²) >= 11 is 1.12. The molecule has 4 N–H and O–H groups in total. The largest absolute Gasteiger partial charge is 0.508 e. The van der Waals surface area contributed by atoms with Crippen molar-refractivity contribution >= 4 is 29.4 Å². The lowest BCUT2D eigenvalue weighted by molar-refractivity contribution is -0.130. The number of rotatable bonds is 6. The summed E-state index contributed by atoms with van der Waals surface area (Å²) in [4.78, 5) is 12.9. The van der Waals surface area contributed by atoms with Gasteiger partial charge in [0.2, 0.25) is 0 Å². The van der Waals surface area contributed by atoms with Gasteiger partial charge in [-0.15, -0.1) is 0 Å². The van der Waals surface area contributed by atoms with E-state index in [2.05, 4.69) is 0 Å². The normalized spacial score (nSPS) is 11.3. The van der Waals surface area contributed by atoms with Gasteiger partial charge in [-0.05, 0) is 54.1 Å². The summed E-state index contributed by atoms with van der Waals surface area (Å²) in [7, 11) is 1.54. The molecule has 7 heteroatoms. The van der Waals surface area contributed by atoms with Gasteiger partial charge in [0, 0.05) is 16.5 Å². The first kappa shape index (κ1) is 20.2. The monoisotopic (exact) mass is 410 g/mol. The average Bonchev–Trinajstić information content (AvgIpc) is 2.69. The van der Waals surface area contributed by atoms with E-state index in [1.165, 1.54) is 36.4 Å². The standard InChI is InChI=1S/C22H18O6S/c1-28-16-6-2-13(3-7-16)10-18(22(26)27)17-11-14(23)4-8-20(17)29-21-9-5-15(24)12-19(21)25/h2-12,23-25H,1H3,(H,26,27)/b18-10+. The van der Waals surface area contributed by atoms with Crippen molar-refractivity contribution in [1.82, 2.24) is 0 Å². The number of carboxylic acids is 1. The second-order valence-corrected chi connectivity index (χ2v) is 7.15. The summed E-state index contributed by atoms with van der Waals surface area (Å²) in [5, 5.41) is 39.2. The van der Waals surface area contributed by atoms with E-state index in [1.54, 1.807) is 37.4 Å². The second kappa shape index (κ2) is 8.62. The van der Waals surface area contributed by atoms with Crippen molar-refractivity contribution in [2.45, 2.75) is 9.79 Å². The topological polar surface area (TPSA) is 107 Å². The van der Waals surface area contributed by atoms with E-state index >= 15 is 0 Å². The summed E-state index contributed by atoms with van der Waals surface area (Å²) in [6, 6.07) is 15.4. The first-order chi connectivity index (χ1) is 13.9. The van der Waals surface area contributed by atoms with Crippen LogP contribution < -0.4 is 4.74 Å². The van der Waals surface area contributed by atoms with Crippen LogP contribution in [-0.4, -0.2) is 33.5 Å². The summed E-state index contributed by atoms with van der Waals surface area (Å²) in [6.07, 6.45) is 1.50. The van der Waals surface area contributed by atoms with Gasteiger partial charge in [0.25, 0.3) is 0 Å². The molecular weight excluding hydrogens is 392 g/mol. The van der Waals surface area contributed by atoms with Crippen LogP contribution in [0.2, 0.25) is 0 Å². The Balaban J connectivity index is 2.07. The van der Waals surface area contributed by atoms with Gasteiger partial charge in [-0.1, -0.05) is 23.9 Å². The summed E-state index contributed by atoms with van der Waals surface area (Å²) in [6.45, 7) is 0. The maximum Gasteiger partial charge on any atom is 0.336 e. The fourth-order valence-corrected chi connectivity index (χ4v) is 3.60. The minimum atomic E-state index is -1.16. The van der Waals surface area contributed by atoms with E-state index in [1.807, 2.05) is 0 Å². The van der Waals surface area contributed by atoms with Crippen molar-refractivity contribution in [3.8, 4) is 23.0 Å². The van der Waals surface area contributed by atoms with Gasteiger partial charge in [-0.25, -0.2) is 4.79 Å². The molecule has 0 aliphatic rings.